The predicted octanol–water partition coefficient (Wildman–Crippen LogP) is 5.13. The molecule has 0 aliphatic carbocycles. The number of aromatic nitrogens is 1. The van der Waals surface area contributed by atoms with Crippen molar-refractivity contribution in [3.05, 3.63) is 99.8 Å². The number of pyridine rings is 1. The Morgan fingerprint density at radius 2 is 1.69 bits per heavy atom. The van der Waals surface area contributed by atoms with E-state index < -0.39 is 0 Å². The smallest absolute Gasteiger partial charge is 0.322 e. The first kappa shape index (κ1) is 23.9. The summed E-state index contributed by atoms with van der Waals surface area (Å²) in [5, 5.41) is 3.78. The molecular weight excluding hydrogens is 442 g/mol. The molecule has 0 fully saturated rings. The van der Waals surface area contributed by atoms with Crippen LogP contribution in [0.4, 0.5) is 10.5 Å². The van der Waals surface area contributed by atoms with Crippen LogP contribution < -0.4 is 20.3 Å². The number of amides is 2. The first-order chi connectivity index (χ1) is 16.9. The van der Waals surface area contributed by atoms with Crippen molar-refractivity contribution in [3.8, 4) is 11.5 Å². The third kappa shape index (κ3) is 6.00. The van der Waals surface area contributed by atoms with Crippen LogP contribution in [-0.2, 0) is 13.0 Å². The standard InChI is InChI=1S/C28H29N3O4/c1-19-5-4-6-20(15-19)13-14-31(28(33)29-23-7-9-24(34-2)10-8-23)18-22-16-21-17-25(35-3)11-12-26(21)30-27(22)32/h4-12,15-17H,13-14,18H2,1-3H3,(H,29,33)(H,30,32). The molecule has 0 aliphatic rings. The van der Waals surface area contributed by atoms with Gasteiger partial charge in [-0.2, -0.15) is 0 Å². The molecular formula is C28H29N3O4. The average molecular weight is 472 g/mol. The number of H-pyrrole nitrogens is 1. The zero-order valence-electron chi connectivity index (χ0n) is 20.1. The number of urea groups is 1. The summed E-state index contributed by atoms with van der Waals surface area (Å²) in [5.41, 5.74) is 3.93. The van der Waals surface area contributed by atoms with Crippen LogP contribution in [0.1, 0.15) is 16.7 Å². The highest BCUT2D eigenvalue weighted by Crippen LogP contribution is 2.20. The second-order valence-corrected chi connectivity index (χ2v) is 8.40. The number of rotatable bonds is 8. The largest absolute Gasteiger partial charge is 0.497 e. The van der Waals surface area contributed by atoms with Gasteiger partial charge >= 0.3 is 6.03 Å². The van der Waals surface area contributed by atoms with E-state index >= 15 is 0 Å². The summed E-state index contributed by atoms with van der Waals surface area (Å²) in [6.07, 6.45) is 0.664. The van der Waals surface area contributed by atoms with Crippen LogP contribution in [0.15, 0.2) is 77.6 Å². The molecule has 0 radical (unpaired) electrons. The Kier molecular flexibility index (Phi) is 7.35. The molecule has 0 aliphatic heterocycles. The SMILES string of the molecule is COc1ccc(NC(=O)N(CCc2cccc(C)c2)Cc2cc3cc(OC)ccc3[nH]c2=O)cc1. The number of methoxy groups -OCH3 is 2. The molecule has 3 aromatic carbocycles. The molecule has 35 heavy (non-hydrogen) atoms. The summed E-state index contributed by atoms with van der Waals surface area (Å²) in [7, 11) is 3.20. The number of ether oxygens (including phenoxy) is 2. The molecule has 0 spiro atoms. The first-order valence-corrected chi connectivity index (χ1v) is 11.4. The van der Waals surface area contributed by atoms with Gasteiger partial charge in [-0.1, -0.05) is 29.8 Å². The van der Waals surface area contributed by atoms with E-state index in [0.717, 1.165) is 16.5 Å². The number of carbonyl (C=O) groups excluding carboxylic acids is 1. The summed E-state index contributed by atoms with van der Waals surface area (Å²) in [4.78, 5) is 30.7. The lowest BCUT2D eigenvalue weighted by molar-refractivity contribution is 0.209. The van der Waals surface area contributed by atoms with E-state index in [2.05, 4.69) is 16.4 Å². The maximum atomic E-state index is 13.3. The lowest BCUT2D eigenvalue weighted by atomic mass is 10.1. The molecule has 7 heteroatoms. The lowest BCUT2D eigenvalue weighted by Crippen LogP contribution is -2.37. The molecule has 180 valence electrons. The van der Waals surface area contributed by atoms with Gasteiger partial charge in [-0.3, -0.25) is 4.79 Å². The van der Waals surface area contributed by atoms with Gasteiger partial charge in [0, 0.05) is 28.7 Å². The third-order valence-corrected chi connectivity index (χ3v) is 5.87. The van der Waals surface area contributed by atoms with Crippen molar-refractivity contribution in [1.29, 1.82) is 0 Å². The van der Waals surface area contributed by atoms with Crippen molar-refractivity contribution < 1.29 is 14.3 Å². The van der Waals surface area contributed by atoms with Gasteiger partial charge in [-0.25, -0.2) is 4.79 Å². The normalized spacial score (nSPS) is 10.7. The van der Waals surface area contributed by atoms with E-state index in [1.807, 2.05) is 43.3 Å². The highest BCUT2D eigenvalue weighted by atomic mass is 16.5. The minimum atomic E-state index is -0.284. The van der Waals surface area contributed by atoms with Gasteiger partial charge in [0.2, 0.25) is 0 Å². The fourth-order valence-electron chi connectivity index (χ4n) is 3.94. The van der Waals surface area contributed by atoms with Gasteiger partial charge in [-0.05, 0) is 67.4 Å². The number of benzene rings is 3. The molecule has 0 bridgehead atoms. The molecule has 7 nitrogen and oxygen atoms in total. The fraction of sp³-hybridized carbons (Fsp3) is 0.214. The summed E-state index contributed by atoms with van der Waals surface area (Å²) in [5.74, 6) is 1.40. The minimum absolute atomic E-state index is 0.163. The van der Waals surface area contributed by atoms with Crippen molar-refractivity contribution in [1.82, 2.24) is 9.88 Å². The van der Waals surface area contributed by atoms with Crippen LogP contribution in [0.2, 0.25) is 0 Å². The Bertz CT molecular complexity index is 1380. The van der Waals surface area contributed by atoms with E-state index in [1.165, 1.54) is 0 Å². The average Bonchev–Trinajstić information content (AvgIpc) is 2.87. The molecule has 2 N–H and O–H groups in total. The first-order valence-electron chi connectivity index (χ1n) is 11.4. The maximum Gasteiger partial charge on any atom is 0.322 e. The molecule has 2 amide bonds. The number of aryl methyl sites for hydroxylation is 1. The lowest BCUT2D eigenvalue weighted by Gasteiger charge is -2.23. The van der Waals surface area contributed by atoms with Crippen LogP contribution in [0.3, 0.4) is 0 Å². The van der Waals surface area contributed by atoms with Gasteiger partial charge in [0.15, 0.2) is 0 Å². The maximum absolute atomic E-state index is 13.3. The van der Waals surface area contributed by atoms with Gasteiger partial charge in [0.1, 0.15) is 11.5 Å². The van der Waals surface area contributed by atoms with Crippen LogP contribution in [-0.4, -0.2) is 36.7 Å². The Morgan fingerprint density at radius 3 is 2.40 bits per heavy atom. The number of aromatic amines is 1. The predicted molar refractivity (Wildman–Crippen MR) is 138 cm³/mol. The van der Waals surface area contributed by atoms with Crippen LogP contribution in [0.5, 0.6) is 11.5 Å². The van der Waals surface area contributed by atoms with Gasteiger partial charge < -0.3 is 24.7 Å². The minimum Gasteiger partial charge on any atom is -0.497 e. The van der Waals surface area contributed by atoms with Crippen molar-refractivity contribution in [2.24, 2.45) is 0 Å². The van der Waals surface area contributed by atoms with Crippen molar-refractivity contribution in [3.63, 3.8) is 0 Å². The van der Waals surface area contributed by atoms with E-state index in [1.54, 1.807) is 49.5 Å². The molecule has 0 unspecified atom stereocenters. The highest BCUT2D eigenvalue weighted by Gasteiger charge is 2.17. The van der Waals surface area contributed by atoms with Gasteiger partial charge in [0.05, 0.1) is 20.8 Å². The Labute approximate surface area is 204 Å². The molecule has 0 atom stereocenters. The molecule has 4 aromatic rings. The zero-order valence-corrected chi connectivity index (χ0v) is 20.1. The van der Waals surface area contributed by atoms with Crippen molar-refractivity contribution in [2.75, 3.05) is 26.1 Å². The van der Waals surface area contributed by atoms with Gasteiger partial charge in [0.25, 0.3) is 5.56 Å². The number of hydrogen-bond acceptors (Lipinski definition) is 4. The number of nitrogens with one attached hydrogen (secondary N) is 2. The molecule has 1 aromatic heterocycles. The van der Waals surface area contributed by atoms with E-state index in [0.29, 0.717) is 41.2 Å². The Hall–Kier alpha value is -4.26. The number of nitrogens with zero attached hydrogens (tertiary/aromatic N) is 1. The number of fused-ring (bicyclic) bond motifs is 1. The molecule has 4 rings (SSSR count). The Morgan fingerprint density at radius 1 is 0.943 bits per heavy atom. The van der Waals surface area contributed by atoms with Crippen LogP contribution in [0, 0.1) is 6.92 Å². The number of hydrogen-bond donors (Lipinski definition) is 2. The Balaban J connectivity index is 1.60. The zero-order chi connectivity index (χ0) is 24.8. The van der Waals surface area contributed by atoms with Gasteiger partial charge in [-0.15, -0.1) is 0 Å². The monoisotopic (exact) mass is 471 g/mol. The summed E-state index contributed by atoms with van der Waals surface area (Å²) < 4.78 is 10.5. The summed E-state index contributed by atoms with van der Waals surface area (Å²) >= 11 is 0. The summed E-state index contributed by atoms with van der Waals surface area (Å²) in [6.45, 7) is 2.65. The molecule has 0 saturated heterocycles. The van der Waals surface area contributed by atoms with Crippen molar-refractivity contribution in [2.45, 2.75) is 19.9 Å². The van der Waals surface area contributed by atoms with Crippen molar-refractivity contribution >= 4 is 22.6 Å². The highest BCUT2D eigenvalue weighted by molar-refractivity contribution is 5.89. The quantitative estimate of drug-likeness (QED) is 0.373. The van der Waals surface area contributed by atoms with Crippen LogP contribution in [0.25, 0.3) is 10.9 Å². The van der Waals surface area contributed by atoms with E-state index in [-0.39, 0.29) is 18.1 Å². The van der Waals surface area contributed by atoms with E-state index in [4.69, 9.17) is 9.47 Å². The van der Waals surface area contributed by atoms with Crippen LogP contribution >= 0.6 is 0 Å². The second-order valence-electron chi connectivity index (χ2n) is 8.40. The second kappa shape index (κ2) is 10.8. The molecule has 1 heterocycles. The number of carbonyl (C=O) groups is 1. The third-order valence-electron chi connectivity index (χ3n) is 5.87. The number of anilines is 1. The fourth-order valence-corrected chi connectivity index (χ4v) is 3.94. The van der Waals surface area contributed by atoms with E-state index in [9.17, 15) is 9.59 Å². The topological polar surface area (TPSA) is 83.7 Å². The summed E-state index contributed by atoms with van der Waals surface area (Å²) in [6, 6.07) is 22.3. The molecule has 0 saturated carbocycles.